The van der Waals surface area contributed by atoms with Crippen LogP contribution in [0.5, 0.6) is 0 Å². The highest BCUT2D eigenvalue weighted by Crippen LogP contribution is 2.14. The molecule has 3 nitrogen and oxygen atoms in total. The number of hydrogen-bond donors (Lipinski definition) is 1. The molecule has 0 radical (unpaired) electrons. The zero-order chi connectivity index (χ0) is 9.56. The molecule has 68 valence electrons. The third-order valence-corrected chi connectivity index (χ3v) is 2.49. The Kier molecular flexibility index (Phi) is 5.89. The van der Waals surface area contributed by atoms with Crippen molar-refractivity contribution in [2.24, 2.45) is 5.73 Å². The fourth-order valence-corrected chi connectivity index (χ4v) is 1.31. The number of rotatable bonds is 4. The van der Waals surface area contributed by atoms with E-state index in [9.17, 15) is 4.79 Å². The second-order valence-electron chi connectivity index (χ2n) is 2.33. The van der Waals surface area contributed by atoms with E-state index in [1.807, 2.05) is 6.92 Å². The number of halogens is 1. The van der Waals surface area contributed by atoms with E-state index >= 15 is 0 Å². The number of terminal acetylenes is 1. The van der Waals surface area contributed by atoms with E-state index in [4.69, 9.17) is 16.9 Å². The third kappa shape index (κ3) is 4.44. The van der Waals surface area contributed by atoms with Crippen LogP contribution < -0.4 is 5.73 Å². The van der Waals surface area contributed by atoms with Gasteiger partial charge in [-0.05, 0) is 6.42 Å². The summed E-state index contributed by atoms with van der Waals surface area (Å²) in [7, 11) is 0. The van der Waals surface area contributed by atoms with Crippen LogP contribution in [0.2, 0.25) is 0 Å². The van der Waals surface area contributed by atoms with Crippen molar-refractivity contribution in [3.63, 3.8) is 0 Å². The smallest absolute Gasteiger partial charge is 0.404 e. The van der Waals surface area contributed by atoms with Gasteiger partial charge >= 0.3 is 6.09 Å². The van der Waals surface area contributed by atoms with E-state index in [-0.39, 0.29) is 10.0 Å². The molecule has 0 saturated carbocycles. The molecule has 0 spiro atoms. The molecule has 2 atom stereocenters. The van der Waals surface area contributed by atoms with Gasteiger partial charge in [-0.1, -0.05) is 41.9 Å². The first-order valence-corrected chi connectivity index (χ1v) is 4.92. The van der Waals surface area contributed by atoms with Gasteiger partial charge in [0.2, 0.25) is 0 Å². The van der Waals surface area contributed by atoms with Crippen LogP contribution in [0, 0.1) is 12.3 Å². The monoisotopic (exact) mass is 281 g/mol. The fraction of sp³-hybridized carbons (Fsp3) is 0.625. The minimum absolute atomic E-state index is 0.102. The molecular weight excluding hydrogens is 269 g/mol. The summed E-state index contributed by atoms with van der Waals surface area (Å²) in [5.41, 5.74) is 4.88. The molecule has 12 heavy (non-hydrogen) atoms. The van der Waals surface area contributed by atoms with Gasteiger partial charge in [0.15, 0.2) is 0 Å². The molecule has 0 fully saturated rings. The minimum Gasteiger partial charge on any atom is -0.444 e. The maximum Gasteiger partial charge on any atom is 0.404 e. The van der Waals surface area contributed by atoms with Crippen molar-refractivity contribution >= 4 is 28.7 Å². The van der Waals surface area contributed by atoms with E-state index in [1.165, 1.54) is 0 Å². The Morgan fingerprint density at radius 1 is 1.83 bits per heavy atom. The summed E-state index contributed by atoms with van der Waals surface area (Å²) in [6.45, 7) is 2.00. The average Bonchev–Trinajstić information content (AvgIpc) is 2.01. The lowest BCUT2D eigenvalue weighted by Crippen LogP contribution is -2.29. The van der Waals surface area contributed by atoms with Crippen molar-refractivity contribution in [2.75, 3.05) is 0 Å². The molecule has 4 heteroatoms. The highest BCUT2D eigenvalue weighted by Gasteiger charge is 2.18. The molecule has 0 heterocycles. The molecule has 2 unspecified atom stereocenters. The number of nitrogens with two attached hydrogens (primary N) is 1. The van der Waals surface area contributed by atoms with Crippen LogP contribution in [0.3, 0.4) is 0 Å². The molecule has 0 aromatic rings. The lowest BCUT2D eigenvalue weighted by Gasteiger charge is -2.17. The molecule has 0 saturated heterocycles. The summed E-state index contributed by atoms with van der Waals surface area (Å²) in [6, 6.07) is 0. The Morgan fingerprint density at radius 2 is 2.42 bits per heavy atom. The maximum absolute atomic E-state index is 10.4. The predicted molar refractivity (Wildman–Crippen MR) is 56.0 cm³/mol. The standard InChI is InChI=1S/C8H12INO2/c1-3-5-7(6(9)4-2)12-8(10)11/h2,6-7H,3,5H2,1H3,(H2,10,11). The van der Waals surface area contributed by atoms with E-state index in [2.05, 4.69) is 28.5 Å². The van der Waals surface area contributed by atoms with Crippen molar-refractivity contribution < 1.29 is 9.53 Å². The number of primary amides is 1. The van der Waals surface area contributed by atoms with Gasteiger partial charge in [-0.2, -0.15) is 0 Å². The lowest BCUT2D eigenvalue weighted by atomic mass is 10.1. The topological polar surface area (TPSA) is 52.3 Å². The zero-order valence-corrected chi connectivity index (χ0v) is 9.08. The minimum atomic E-state index is -0.759. The van der Waals surface area contributed by atoms with Crippen LogP contribution in [0.4, 0.5) is 4.79 Å². The maximum atomic E-state index is 10.4. The summed E-state index contributed by atoms with van der Waals surface area (Å²) in [4.78, 5) is 10.4. The predicted octanol–water partition coefficient (Wildman–Crippen LogP) is 1.69. The van der Waals surface area contributed by atoms with Gasteiger partial charge in [0.05, 0.1) is 0 Å². The Balaban J connectivity index is 4.04. The van der Waals surface area contributed by atoms with E-state index in [0.717, 1.165) is 12.8 Å². The van der Waals surface area contributed by atoms with Gasteiger partial charge in [0.25, 0.3) is 0 Å². The van der Waals surface area contributed by atoms with Gasteiger partial charge in [-0.25, -0.2) is 4.79 Å². The van der Waals surface area contributed by atoms with Gasteiger partial charge in [-0.15, -0.1) is 6.42 Å². The molecule has 0 aliphatic carbocycles. The van der Waals surface area contributed by atoms with Crippen LogP contribution >= 0.6 is 22.6 Å². The van der Waals surface area contributed by atoms with E-state index in [1.54, 1.807) is 0 Å². The van der Waals surface area contributed by atoms with Crippen molar-refractivity contribution in [1.82, 2.24) is 0 Å². The molecule has 2 N–H and O–H groups in total. The molecule has 0 bridgehead atoms. The normalized spacial score (nSPS) is 14.4. The second-order valence-corrected chi connectivity index (χ2v) is 3.67. The quantitative estimate of drug-likeness (QED) is 0.484. The van der Waals surface area contributed by atoms with Gasteiger partial charge < -0.3 is 10.5 Å². The third-order valence-electron chi connectivity index (χ3n) is 1.33. The van der Waals surface area contributed by atoms with Crippen molar-refractivity contribution in [2.45, 2.75) is 29.8 Å². The molecule has 0 rings (SSSR count). The molecule has 0 aromatic heterocycles. The van der Waals surface area contributed by atoms with E-state index < -0.39 is 6.09 Å². The number of ether oxygens (including phenoxy) is 1. The van der Waals surface area contributed by atoms with Gasteiger partial charge in [0.1, 0.15) is 10.0 Å². The number of amides is 1. The summed E-state index contributed by atoms with van der Waals surface area (Å²) in [5.74, 6) is 2.51. The van der Waals surface area contributed by atoms with Crippen LogP contribution in [0.25, 0.3) is 0 Å². The number of carbonyl (C=O) groups excluding carboxylic acids is 1. The second kappa shape index (κ2) is 6.12. The van der Waals surface area contributed by atoms with Crippen molar-refractivity contribution in [3.8, 4) is 12.3 Å². The Hall–Kier alpha value is -0.440. The summed E-state index contributed by atoms with van der Waals surface area (Å²) in [5, 5.41) is 0. The lowest BCUT2D eigenvalue weighted by molar-refractivity contribution is 0.108. The van der Waals surface area contributed by atoms with Crippen molar-refractivity contribution in [1.29, 1.82) is 0 Å². The Labute approximate surface area is 86.2 Å². The van der Waals surface area contributed by atoms with Crippen molar-refractivity contribution in [3.05, 3.63) is 0 Å². The first kappa shape index (κ1) is 11.6. The zero-order valence-electron chi connectivity index (χ0n) is 6.92. The number of hydrogen-bond acceptors (Lipinski definition) is 2. The van der Waals surface area contributed by atoms with Crippen LogP contribution in [-0.4, -0.2) is 16.1 Å². The molecule has 1 amide bonds. The van der Waals surface area contributed by atoms with E-state index in [0.29, 0.717) is 0 Å². The summed E-state index contributed by atoms with van der Waals surface area (Å²) in [6.07, 6.45) is 5.85. The summed E-state index contributed by atoms with van der Waals surface area (Å²) < 4.78 is 4.73. The first-order chi connectivity index (χ1) is 5.61. The number of alkyl halides is 1. The molecule has 0 aliphatic rings. The largest absolute Gasteiger partial charge is 0.444 e. The Morgan fingerprint density at radius 3 is 2.75 bits per heavy atom. The summed E-state index contributed by atoms with van der Waals surface area (Å²) >= 11 is 2.06. The highest BCUT2D eigenvalue weighted by molar-refractivity contribution is 14.1. The van der Waals surface area contributed by atoms with Gasteiger partial charge in [0, 0.05) is 0 Å². The molecule has 0 aliphatic heterocycles. The SMILES string of the molecule is C#CC(I)C(CCC)OC(N)=O. The Bertz CT molecular complexity index is 188. The molecule has 0 aromatic carbocycles. The first-order valence-electron chi connectivity index (χ1n) is 3.68. The average molecular weight is 281 g/mol. The highest BCUT2D eigenvalue weighted by atomic mass is 127. The molecular formula is C8H12INO2. The van der Waals surface area contributed by atoms with Gasteiger partial charge in [-0.3, -0.25) is 0 Å². The van der Waals surface area contributed by atoms with Crippen LogP contribution in [0.15, 0.2) is 0 Å². The fourth-order valence-electron chi connectivity index (χ4n) is 0.806. The van der Waals surface area contributed by atoms with Crippen LogP contribution in [0.1, 0.15) is 19.8 Å². The van der Waals surface area contributed by atoms with Crippen LogP contribution in [-0.2, 0) is 4.74 Å². The number of carbonyl (C=O) groups is 1.